The second kappa shape index (κ2) is 10.3. The summed E-state index contributed by atoms with van der Waals surface area (Å²) in [5, 5.41) is 10.8. The van der Waals surface area contributed by atoms with Crippen LogP contribution in [0.2, 0.25) is 0 Å². The number of nitrogens with one attached hydrogen (secondary N) is 1. The lowest BCUT2D eigenvalue weighted by atomic mass is 10.1. The molecule has 4 rings (SSSR count). The summed E-state index contributed by atoms with van der Waals surface area (Å²) in [5.41, 5.74) is 3.13. The molecular formula is C21H24N6O3. The van der Waals surface area contributed by atoms with Crippen LogP contribution in [0.15, 0.2) is 53.3 Å². The summed E-state index contributed by atoms with van der Waals surface area (Å²) in [6.45, 7) is 5.02. The number of aromatic nitrogens is 5. The first-order valence-corrected chi connectivity index (χ1v) is 9.68. The summed E-state index contributed by atoms with van der Waals surface area (Å²) >= 11 is 0. The molecule has 9 heteroatoms. The third kappa shape index (κ3) is 5.06. The van der Waals surface area contributed by atoms with Crippen LogP contribution in [0.4, 0.5) is 0 Å². The lowest BCUT2D eigenvalue weighted by Crippen LogP contribution is -2.27. The molecule has 0 bridgehead atoms. The van der Waals surface area contributed by atoms with Crippen molar-refractivity contribution in [3.8, 4) is 22.6 Å². The van der Waals surface area contributed by atoms with Gasteiger partial charge >= 0.3 is 11.8 Å². The van der Waals surface area contributed by atoms with E-state index in [0.29, 0.717) is 19.0 Å². The van der Waals surface area contributed by atoms with Crippen LogP contribution in [-0.2, 0) is 4.74 Å². The average Bonchev–Trinajstić information content (AvgIpc) is 3.42. The monoisotopic (exact) mass is 408 g/mol. The molecule has 0 saturated carbocycles. The number of rotatable bonds is 6. The standard InChI is InChI=1S/C18H16N6O3.C3H8/c1-26-9-8-19-17(25)18-22-16(23-27-18)13-5-2-4-12(10-13)14-11-24-15(21-14)6-3-7-20-24;1-3-2/h2-7,10-11H,8-9H2,1H3,(H,19,25);3H2,1-2H3. The van der Waals surface area contributed by atoms with Gasteiger partial charge in [0.15, 0.2) is 5.65 Å². The first-order chi connectivity index (χ1) is 14.7. The summed E-state index contributed by atoms with van der Waals surface area (Å²) < 4.78 is 11.7. The van der Waals surface area contributed by atoms with Gasteiger partial charge in [0, 0.05) is 31.0 Å². The molecule has 0 aliphatic heterocycles. The topological polar surface area (TPSA) is 107 Å². The van der Waals surface area contributed by atoms with Crippen molar-refractivity contribution in [2.24, 2.45) is 0 Å². The summed E-state index contributed by atoms with van der Waals surface area (Å²) in [7, 11) is 1.56. The van der Waals surface area contributed by atoms with Crippen LogP contribution < -0.4 is 5.32 Å². The van der Waals surface area contributed by atoms with Crippen molar-refractivity contribution in [1.29, 1.82) is 0 Å². The minimum Gasteiger partial charge on any atom is -0.383 e. The Morgan fingerprint density at radius 1 is 1.17 bits per heavy atom. The molecule has 3 aromatic heterocycles. The highest BCUT2D eigenvalue weighted by molar-refractivity contribution is 5.89. The fourth-order valence-electron chi connectivity index (χ4n) is 2.56. The molecule has 0 saturated heterocycles. The lowest BCUT2D eigenvalue weighted by Gasteiger charge is -2.00. The van der Waals surface area contributed by atoms with Gasteiger partial charge in [-0.05, 0) is 18.2 Å². The van der Waals surface area contributed by atoms with Crippen LogP contribution in [0.25, 0.3) is 28.3 Å². The number of carbonyl (C=O) groups is 1. The SMILES string of the molecule is CCC.COCCNC(=O)c1nc(-c2cccc(-c3cn4ncccc4n3)c2)no1. The van der Waals surface area contributed by atoms with Gasteiger partial charge in [0.1, 0.15) is 0 Å². The third-order valence-electron chi connectivity index (χ3n) is 3.87. The summed E-state index contributed by atoms with van der Waals surface area (Å²) in [5.74, 6) is -0.201. The Balaban J connectivity index is 0.000000806. The van der Waals surface area contributed by atoms with Crippen molar-refractivity contribution >= 4 is 11.6 Å². The van der Waals surface area contributed by atoms with Crippen LogP contribution in [0.3, 0.4) is 0 Å². The van der Waals surface area contributed by atoms with Crippen molar-refractivity contribution < 1.29 is 14.1 Å². The normalized spacial score (nSPS) is 10.5. The molecule has 1 N–H and O–H groups in total. The van der Waals surface area contributed by atoms with Gasteiger partial charge in [0.2, 0.25) is 5.82 Å². The lowest BCUT2D eigenvalue weighted by molar-refractivity contribution is 0.0893. The quantitative estimate of drug-likeness (QED) is 0.488. The van der Waals surface area contributed by atoms with Crippen LogP contribution >= 0.6 is 0 Å². The maximum absolute atomic E-state index is 12.0. The van der Waals surface area contributed by atoms with E-state index in [1.54, 1.807) is 17.8 Å². The molecule has 30 heavy (non-hydrogen) atoms. The molecular weight excluding hydrogens is 384 g/mol. The second-order valence-corrected chi connectivity index (χ2v) is 6.41. The zero-order chi connectivity index (χ0) is 21.3. The summed E-state index contributed by atoms with van der Waals surface area (Å²) in [6, 6.07) is 11.3. The zero-order valence-corrected chi connectivity index (χ0v) is 17.2. The van der Waals surface area contributed by atoms with Crippen LogP contribution in [0.5, 0.6) is 0 Å². The maximum Gasteiger partial charge on any atom is 0.316 e. The Morgan fingerprint density at radius 3 is 2.73 bits per heavy atom. The number of fused-ring (bicyclic) bond motifs is 1. The number of nitrogens with zero attached hydrogens (tertiary/aromatic N) is 5. The second-order valence-electron chi connectivity index (χ2n) is 6.41. The minimum absolute atomic E-state index is 0.0940. The fourth-order valence-corrected chi connectivity index (χ4v) is 2.56. The number of carbonyl (C=O) groups excluding carboxylic acids is 1. The van der Waals surface area contributed by atoms with E-state index in [-0.39, 0.29) is 5.89 Å². The predicted octanol–water partition coefficient (Wildman–Crippen LogP) is 3.24. The van der Waals surface area contributed by atoms with Crippen molar-refractivity contribution in [3.05, 3.63) is 54.7 Å². The number of hydrogen-bond acceptors (Lipinski definition) is 7. The smallest absolute Gasteiger partial charge is 0.316 e. The van der Waals surface area contributed by atoms with Gasteiger partial charge in [-0.15, -0.1) is 0 Å². The number of imidazole rings is 1. The Morgan fingerprint density at radius 2 is 1.97 bits per heavy atom. The minimum atomic E-state index is -0.437. The molecule has 1 amide bonds. The molecule has 156 valence electrons. The van der Waals surface area contributed by atoms with Crippen LogP contribution in [0.1, 0.15) is 31.0 Å². The molecule has 0 unspecified atom stereocenters. The number of benzene rings is 1. The van der Waals surface area contributed by atoms with E-state index in [1.165, 1.54) is 6.42 Å². The molecule has 1 aromatic carbocycles. The van der Waals surface area contributed by atoms with E-state index in [9.17, 15) is 4.79 Å². The Bertz CT molecular complexity index is 1070. The Kier molecular flexibility index (Phi) is 7.23. The van der Waals surface area contributed by atoms with Gasteiger partial charge in [0.05, 0.1) is 18.5 Å². The van der Waals surface area contributed by atoms with Crippen molar-refractivity contribution in [1.82, 2.24) is 30.1 Å². The van der Waals surface area contributed by atoms with E-state index >= 15 is 0 Å². The Labute approximate surface area is 174 Å². The number of hydrogen-bond donors (Lipinski definition) is 1. The largest absolute Gasteiger partial charge is 0.383 e. The van der Waals surface area contributed by atoms with Crippen molar-refractivity contribution in [2.45, 2.75) is 20.3 Å². The molecule has 0 radical (unpaired) electrons. The van der Waals surface area contributed by atoms with Gasteiger partial charge in [-0.1, -0.05) is 43.6 Å². The maximum atomic E-state index is 12.0. The molecule has 0 fully saturated rings. The highest BCUT2D eigenvalue weighted by atomic mass is 16.5. The van der Waals surface area contributed by atoms with Crippen molar-refractivity contribution in [2.75, 3.05) is 20.3 Å². The van der Waals surface area contributed by atoms with E-state index in [2.05, 4.69) is 39.4 Å². The predicted molar refractivity (Wildman–Crippen MR) is 112 cm³/mol. The molecule has 0 spiro atoms. The summed E-state index contributed by atoms with van der Waals surface area (Å²) in [6.07, 6.45) is 4.80. The molecule has 3 heterocycles. The van der Waals surface area contributed by atoms with E-state index in [1.807, 2.05) is 42.6 Å². The molecule has 4 aromatic rings. The van der Waals surface area contributed by atoms with Gasteiger partial charge in [0.25, 0.3) is 0 Å². The molecule has 0 aliphatic rings. The number of amides is 1. The van der Waals surface area contributed by atoms with Crippen molar-refractivity contribution in [3.63, 3.8) is 0 Å². The van der Waals surface area contributed by atoms with E-state index in [4.69, 9.17) is 9.26 Å². The van der Waals surface area contributed by atoms with Gasteiger partial charge < -0.3 is 14.6 Å². The first kappa shape index (κ1) is 21.1. The average molecular weight is 408 g/mol. The van der Waals surface area contributed by atoms with Gasteiger partial charge in [-0.2, -0.15) is 10.1 Å². The van der Waals surface area contributed by atoms with E-state index < -0.39 is 5.91 Å². The first-order valence-electron chi connectivity index (χ1n) is 9.68. The molecule has 0 atom stereocenters. The molecule has 9 nitrogen and oxygen atoms in total. The van der Waals surface area contributed by atoms with Crippen LogP contribution in [0, 0.1) is 0 Å². The number of methoxy groups -OCH3 is 1. The fraction of sp³-hybridized carbons (Fsp3) is 0.286. The van der Waals surface area contributed by atoms with Crippen LogP contribution in [-0.4, -0.2) is 50.9 Å². The van der Waals surface area contributed by atoms with Gasteiger partial charge in [-0.3, -0.25) is 4.79 Å². The Hall–Kier alpha value is -3.59. The van der Waals surface area contributed by atoms with E-state index in [0.717, 1.165) is 22.5 Å². The highest BCUT2D eigenvalue weighted by Gasteiger charge is 2.16. The molecule has 0 aliphatic carbocycles. The third-order valence-corrected chi connectivity index (χ3v) is 3.87. The highest BCUT2D eigenvalue weighted by Crippen LogP contribution is 2.24. The number of ether oxygens (including phenoxy) is 1. The zero-order valence-electron chi connectivity index (χ0n) is 17.2. The summed E-state index contributed by atoms with van der Waals surface area (Å²) in [4.78, 5) is 20.7. The van der Waals surface area contributed by atoms with Gasteiger partial charge in [-0.25, -0.2) is 9.50 Å².